The van der Waals surface area contributed by atoms with Gasteiger partial charge in [-0.3, -0.25) is 9.59 Å². The molecule has 1 aromatic heterocycles. The monoisotopic (exact) mass is 328 g/mol. The number of likely N-dealkylation sites (tertiary alicyclic amines) is 1. The minimum absolute atomic E-state index is 0.0195. The van der Waals surface area contributed by atoms with Crippen molar-refractivity contribution in [3.05, 3.63) is 58.3 Å². The van der Waals surface area contributed by atoms with Gasteiger partial charge >= 0.3 is 0 Å². The van der Waals surface area contributed by atoms with Gasteiger partial charge < -0.3 is 10.2 Å². The maximum absolute atomic E-state index is 12.2. The minimum Gasteiger partial charge on any atom is -0.351 e. The molecule has 2 amide bonds. The highest BCUT2D eigenvalue weighted by molar-refractivity contribution is 7.09. The first-order valence-corrected chi connectivity index (χ1v) is 8.72. The maximum atomic E-state index is 12.2. The summed E-state index contributed by atoms with van der Waals surface area (Å²) in [5.41, 5.74) is 1.21. The van der Waals surface area contributed by atoms with Crippen LogP contribution >= 0.6 is 11.3 Å². The first kappa shape index (κ1) is 15.7. The molecule has 1 aliphatic rings. The second-order valence-electron chi connectivity index (χ2n) is 5.77. The van der Waals surface area contributed by atoms with Gasteiger partial charge in [0.05, 0.1) is 12.5 Å². The average Bonchev–Trinajstić information content (AvgIpc) is 3.21. The summed E-state index contributed by atoms with van der Waals surface area (Å²) in [4.78, 5) is 27.2. The van der Waals surface area contributed by atoms with E-state index in [4.69, 9.17) is 0 Å². The Morgan fingerprint density at radius 3 is 2.78 bits per heavy atom. The van der Waals surface area contributed by atoms with Gasteiger partial charge in [-0.25, -0.2) is 0 Å². The Morgan fingerprint density at radius 1 is 1.22 bits per heavy atom. The Hall–Kier alpha value is -2.14. The van der Waals surface area contributed by atoms with Crippen molar-refractivity contribution in [2.75, 3.05) is 13.1 Å². The first-order chi connectivity index (χ1) is 11.2. The van der Waals surface area contributed by atoms with Crippen LogP contribution in [0.25, 0.3) is 0 Å². The molecule has 5 heteroatoms. The van der Waals surface area contributed by atoms with Crippen LogP contribution in [0.15, 0.2) is 47.8 Å². The maximum Gasteiger partial charge on any atom is 0.225 e. The topological polar surface area (TPSA) is 49.4 Å². The summed E-state index contributed by atoms with van der Waals surface area (Å²) in [7, 11) is 0. The lowest BCUT2D eigenvalue weighted by Gasteiger charge is -2.16. The van der Waals surface area contributed by atoms with E-state index in [2.05, 4.69) is 17.4 Å². The van der Waals surface area contributed by atoms with Crippen LogP contribution in [0.1, 0.15) is 16.9 Å². The van der Waals surface area contributed by atoms with Crippen molar-refractivity contribution in [1.82, 2.24) is 10.2 Å². The Morgan fingerprint density at radius 2 is 2.04 bits per heavy atom. The molecule has 1 aliphatic heterocycles. The molecule has 1 saturated heterocycles. The number of thiophene rings is 1. The van der Waals surface area contributed by atoms with Gasteiger partial charge in [0.1, 0.15) is 0 Å². The van der Waals surface area contributed by atoms with E-state index in [0.29, 0.717) is 26.1 Å². The number of benzene rings is 1. The lowest BCUT2D eigenvalue weighted by atomic mass is 10.1. The van der Waals surface area contributed by atoms with Gasteiger partial charge in [-0.2, -0.15) is 0 Å². The first-order valence-electron chi connectivity index (χ1n) is 7.84. The summed E-state index contributed by atoms with van der Waals surface area (Å²) in [6, 6.07) is 14.1. The molecule has 0 aliphatic carbocycles. The van der Waals surface area contributed by atoms with E-state index < -0.39 is 0 Å². The number of carbonyl (C=O) groups excluding carboxylic acids is 2. The quantitative estimate of drug-likeness (QED) is 0.885. The van der Waals surface area contributed by atoms with Crippen LogP contribution in [-0.4, -0.2) is 29.8 Å². The van der Waals surface area contributed by atoms with Gasteiger partial charge in [0, 0.05) is 24.4 Å². The standard InChI is InChI=1S/C18H20N2O2S/c21-17-11-15(18(22)19-12-16-7-4-10-23-16)13-20(17)9-8-14-5-2-1-3-6-14/h1-7,10,15H,8-9,11-13H2,(H,19,22)/t15-/m1/s1. The van der Waals surface area contributed by atoms with E-state index in [9.17, 15) is 9.59 Å². The van der Waals surface area contributed by atoms with Gasteiger partial charge in [0.25, 0.3) is 0 Å². The fourth-order valence-corrected chi connectivity index (χ4v) is 3.45. The number of nitrogens with one attached hydrogen (secondary N) is 1. The molecule has 3 rings (SSSR count). The molecule has 120 valence electrons. The van der Waals surface area contributed by atoms with E-state index in [0.717, 1.165) is 11.3 Å². The lowest BCUT2D eigenvalue weighted by molar-refractivity contribution is -0.129. The average molecular weight is 328 g/mol. The third kappa shape index (κ3) is 4.20. The summed E-state index contributed by atoms with van der Waals surface area (Å²) >= 11 is 1.62. The Kier molecular flexibility index (Phi) is 5.08. The molecule has 0 radical (unpaired) electrons. The van der Waals surface area contributed by atoms with Crippen molar-refractivity contribution in [2.24, 2.45) is 5.92 Å². The molecular weight excluding hydrogens is 308 g/mol. The largest absolute Gasteiger partial charge is 0.351 e. The molecule has 1 N–H and O–H groups in total. The Bertz CT molecular complexity index is 655. The smallest absolute Gasteiger partial charge is 0.225 e. The van der Waals surface area contributed by atoms with Crippen LogP contribution in [-0.2, 0) is 22.6 Å². The second-order valence-corrected chi connectivity index (χ2v) is 6.81. The van der Waals surface area contributed by atoms with E-state index in [1.807, 2.05) is 40.6 Å². The number of nitrogens with zero attached hydrogens (tertiary/aromatic N) is 1. The number of hydrogen-bond acceptors (Lipinski definition) is 3. The van der Waals surface area contributed by atoms with Crippen molar-refractivity contribution in [3.63, 3.8) is 0 Å². The van der Waals surface area contributed by atoms with Gasteiger partial charge in [0.2, 0.25) is 11.8 Å². The molecule has 23 heavy (non-hydrogen) atoms. The summed E-state index contributed by atoms with van der Waals surface area (Å²) in [6.45, 7) is 1.75. The summed E-state index contributed by atoms with van der Waals surface area (Å²) in [6.07, 6.45) is 1.15. The number of rotatable bonds is 6. The molecule has 2 heterocycles. The molecule has 1 atom stereocenters. The second kappa shape index (κ2) is 7.42. The predicted molar refractivity (Wildman–Crippen MR) is 91.0 cm³/mol. The van der Waals surface area contributed by atoms with E-state index >= 15 is 0 Å². The van der Waals surface area contributed by atoms with Crippen LogP contribution in [0.5, 0.6) is 0 Å². The van der Waals surface area contributed by atoms with Gasteiger partial charge in [-0.15, -0.1) is 11.3 Å². The van der Waals surface area contributed by atoms with E-state index in [-0.39, 0.29) is 17.7 Å². The highest BCUT2D eigenvalue weighted by atomic mass is 32.1. The zero-order valence-electron chi connectivity index (χ0n) is 12.9. The van der Waals surface area contributed by atoms with Crippen LogP contribution in [0.3, 0.4) is 0 Å². The molecule has 2 aromatic rings. The number of carbonyl (C=O) groups is 2. The molecule has 0 saturated carbocycles. The molecule has 0 unspecified atom stereocenters. The van der Waals surface area contributed by atoms with Gasteiger partial charge in [0.15, 0.2) is 0 Å². The molecular formula is C18H20N2O2S. The van der Waals surface area contributed by atoms with Crippen LogP contribution in [0, 0.1) is 5.92 Å². The van der Waals surface area contributed by atoms with E-state index in [1.165, 1.54) is 5.56 Å². The van der Waals surface area contributed by atoms with Crippen molar-refractivity contribution in [2.45, 2.75) is 19.4 Å². The van der Waals surface area contributed by atoms with Crippen molar-refractivity contribution < 1.29 is 9.59 Å². The fourth-order valence-electron chi connectivity index (χ4n) is 2.80. The Labute approximate surface area is 140 Å². The molecule has 0 spiro atoms. The molecule has 4 nitrogen and oxygen atoms in total. The lowest BCUT2D eigenvalue weighted by Crippen LogP contribution is -2.33. The zero-order valence-corrected chi connectivity index (χ0v) is 13.7. The third-order valence-corrected chi connectivity index (χ3v) is 4.99. The zero-order chi connectivity index (χ0) is 16.1. The van der Waals surface area contributed by atoms with Crippen molar-refractivity contribution in [1.29, 1.82) is 0 Å². The van der Waals surface area contributed by atoms with E-state index in [1.54, 1.807) is 11.3 Å². The Balaban J connectivity index is 1.47. The summed E-state index contributed by atoms with van der Waals surface area (Å²) in [5, 5.41) is 4.93. The van der Waals surface area contributed by atoms with Crippen molar-refractivity contribution >= 4 is 23.2 Å². The SMILES string of the molecule is O=C(NCc1cccs1)[C@@H]1CC(=O)N(CCc2ccccc2)C1. The number of amides is 2. The predicted octanol–water partition coefficient (Wildman–Crippen LogP) is 2.46. The van der Waals surface area contributed by atoms with Crippen molar-refractivity contribution in [3.8, 4) is 0 Å². The molecule has 0 bridgehead atoms. The molecule has 1 aromatic carbocycles. The summed E-state index contributed by atoms with van der Waals surface area (Å²) < 4.78 is 0. The molecule has 1 fully saturated rings. The van der Waals surface area contributed by atoms with Crippen LogP contribution < -0.4 is 5.32 Å². The van der Waals surface area contributed by atoms with Crippen LogP contribution in [0.4, 0.5) is 0 Å². The van der Waals surface area contributed by atoms with Gasteiger partial charge in [-0.1, -0.05) is 36.4 Å². The van der Waals surface area contributed by atoms with Gasteiger partial charge in [-0.05, 0) is 23.4 Å². The van der Waals surface area contributed by atoms with Crippen LogP contribution in [0.2, 0.25) is 0 Å². The summed E-state index contributed by atoms with van der Waals surface area (Å²) in [5.74, 6) is -0.163. The number of hydrogen-bond donors (Lipinski definition) is 1. The highest BCUT2D eigenvalue weighted by Gasteiger charge is 2.33. The minimum atomic E-state index is -0.224. The third-order valence-electron chi connectivity index (χ3n) is 4.12. The fraction of sp³-hybridized carbons (Fsp3) is 0.333. The highest BCUT2D eigenvalue weighted by Crippen LogP contribution is 2.19. The normalized spacial score (nSPS) is 17.5.